The molecule has 0 saturated carbocycles. The lowest BCUT2D eigenvalue weighted by atomic mass is 10.1. The van der Waals surface area contributed by atoms with Crippen molar-refractivity contribution in [3.8, 4) is 11.3 Å². The molecule has 0 aliphatic heterocycles. The molecule has 1 aromatic heterocycles. The molecule has 1 heterocycles. The standard InChI is InChI=1S/C12H13ClN4O/c1-2-17-11(12(18)15-14)7-10(16-17)8-3-5-9(13)6-4-8/h3-7H,2,14H2,1H3,(H,15,18). The average Bonchev–Trinajstić information content (AvgIpc) is 2.82. The molecule has 94 valence electrons. The molecular formula is C12H13ClN4O. The van der Waals surface area contributed by atoms with E-state index < -0.39 is 0 Å². The topological polar surface area (TPSA) is 72.9 Å². The van der Waals surface area contributed by atoms with Gasteiger partial charge < -0.3 is 0 Å². The lowest BCUT2D eigenvalue weighted by Crippen LogP contribution is -2.31. The normalized spacial score (nSPS) is 10.4. The zero-order chi connectivity index (χ0) is 13.1. The molecule has 5 nitrogen and oxygen atoms in total. The lowest BCUT2D eigenvalue weighted by Gasteiger charge is -2.01. The maximum Gasteiger partial charge on any atom is 0.283 e. The van der Waals surface area contributed by atoms with Crippen LogP contribution in [0.4, 0.5) is 0 Å². The molecule has 0 bridgehead atoms. The summed E-state index contributed by atoms with van der Waals surface area (Å²) in [7, 11) is 0. The van der Waals surface area contributed by atoms with E-state index in [0.29, 0.717) is 23.0 Å². The predicted molar refractivity (Wildman–Crippen MR) is 70.0 cm³/mol. The molecular weight excluding hydrogens is 252 g/mol. The number of benzene rings is 1. The third-order valence-electron chi connectivity index (χ3n) is 2.58. The fourth-order valence-electron chi connectivity index (χ4n) is 1.68. The minimum absolute atomic E-state index is 0.357. The second kappa shape index (κ2) is 5.20. The van der Waals surface area contributed by atoms with Crippen molar-refractivity contribution in [2.24, 2.45) is 5.84 Å². The fraction of sp³-hybridized carbons (Fsp3) is 0.167. The van der Waals surface area contributed by atoms with Crippen molar-refractivity contribution in [1.29, 1.82) is 0 Å². The quantitative estimate of drug-likeness (QED) is 0.505. The number of carbonyl (C=O) groups excluding carboxylic acids is 1. The Hall–Kier alpha value is -1.85. The van der Waals surface area contributed by atoms with E-state index in [4.69, 9.17) is 17.4 Å². The molecule has 0 radical (unpaired) electrons. The Bertz CT molecular complexity index is 562. The van der Waals surface area contributed by atoms with Crippen LogP contribution in [0.1, 0.15) is 17.4 Å². The highest BCUT2D eigenvalue weighted by atomic mass is 35.5. The van der Waals surface area contributed by atoms with E-state index in [-0.39, 0.29) is 5.91 Å². The first kappa shape index (κ1) is 12.6. The summed E-state index contributed by atoms with van der Waals surface area (Å²) in [5.74, 6) is 4.78. The number of aromatic nitrogens is 2. The largest absolute Gasteiger partial charge is 0.289 e. The van der Waals surface area contributed by atoms with Crippen LogP contribution in [0.2, 0.25) is 5.02 Å². The number of nitrogen functional groups attached to an aromatic ring is 1. The van der Waals surface area contributed by atoms with Gasteiger partial charge in [-0.1, -0.05) is 23.7 Å². The predicted octanol–water partition coefficient (Wildman–Crippen LogP) is 1.83. The minimum atomic E-state index is -0.357. The number of hydrazine groups is 1. The fourth-order valence-corrected chi connectivity index (χ4v) is 1.80. The number of nitrogens with two attached hydrogens (primary N) is 1. The summed E-state index contributed by atoms with van der Waals surface area (Å²) >= 11 is 5.83. The van der Waals surface area contributed by atoms with Gasteiger partial charge in [-0.05, 0) is 25.1 Å². The highest BCUT2D eigenvalue weighted by Crippen LogP contribution is 2.21. The van der Waals surface area contributed by atoms with Gasteiger partial charge >= 0.3 is 0 Å². The molecule has 0 unspecified atom stereocenters. The van der Waals surface area contributed by atoms with Gasteiger partial charge in [0.2, 0.25) is 0 Å². The number of aryl methyl sites for hydroxylation is 1. The van der Waals surface area contributed by atoms with Gasteiger partial charge in [-0.15, -0.1) is 0 Å². The van der Waals surface area contributed by atoms with Crippen LogP contribution in [0.25, 0.3) is 11.3 Å². The Morgan fingerprint density at radius 2 is 2.11 bits per heavy atom. The smallest absolute Gasteiger partial charge is 0.283 e. The van der Waals surface area contributed by atoms with E-state index in [0.717, 1.165) is 5.56 Å². The Labute approximate surface area is 110 Å². The van der Waals surface area contributed by atoms with Gasteiger partial charge in [0, 0.05) is 17.1 Å². The Balaban J connectivity index is 2.43. The van der Waals surface area contributed by atoms with Crippen LogP contribution < -0.4 is 11.3 Å². The zero-order valence-electron chi connectivity index (χ0n) is 9.85. The molecule has 1 aromatic carbocycles. The van der Waals surface area contributed by atoms with Gasteiger partial charge in [0.05, 0.1) is 5.69 Å². The van der Waals surface area contributed by atoms with Crippen LogP contribution >= 0.6 is 11.6 Å². The third kappa shape index (κ3) is 2.37. The summed E-state index contributed by atoms with van der Waals surface area (Å²) in [6.45, 7) is 2.50. The van der Waals surface area contributed by atoms with Crippen molar-refractivity contribution < 1.29 is 4.79 Å². The van der Waals surface area contributed by atoms with Gasteiger partial charge in [0.25, 0.3) is 5.91 Å². The van der Waals surface area contributed by atoms with E-state index >= 15 is 0 Å². The summed E-state index contributed by atoms with van der Waals surface area (Å²) in [5, 5.41) is 5.02. The van der Waals surface area contributed by atoms with Crippen LogP contribution in [0.3, 0.4) is 0 Å². The van der Waals surface area contributed by atoms with Crippen molar-refractivity contribution in [3.63, 3.8) is 0 Å². The van der Waals surface area contributed by atoms with Gasteiger partial charge in [-0.25, -0.2) is 5.84 Å². The van der Waals surface area contributed by atoms with Crippen LogP contribution in [0, 0.1) is 0 Å². The van der Waals surface area contributed by atoms with Crippen molar-refractivity contribution in [2.75, 3.05) is 0 Å². The van der Waals surface area contributed by atoms with Gasteiger partial charge in [-0.2, -0.15) is 5.10 Å². The Morgan fingerprint density at radius 1 is 1.44 bits per heavy atom. The molecule has 0 aliphatic rings. The van der Waals surface area contributed by atoms with Crippen molar-refractivity contribution >= 4 is 17.5 Å². The molecule has 2 aromatic rings. The van der Waals surface area contributed by atoms with Crippen LogP contribution in [-0.2, 0) is 6.54 Å². The molecule has 0 saturated heterocycles. The van der Waals surface area contributed by atoms with E-state index in [1.165, 1.54) is 0 Å². The first-order valence-corrected chi connectivity index (χ1v) is 5.88. The highest BCUT2D eigenvalue weighted by molar-refractivity contribution is 6.30. The number of halogens is 1. The molecule has 1 amide bonds. The summed E-state index contributed by atoms with van der Waals surface area (Å²) < 4.78 is 1.60. The van der Waals surface area contributed by atoms with E-state index in [2.05, 4.69) is 10.5 Å². The second-order valence-electron chi connectivity index (χ2n) is 3.71. The lowest BCUT2D eigenvalue weighted by molar-refractivity contribution is 0.0943. The molecule has 6 heteroatoms. The number of hydrogen-bond acceptors (Lipinski definition) is 3. The molecule has 0 aliphatic carbocycles. The number of nitrogens with one attached hydrogen (secondary N) is 1. The Kier molecular flexibility index (Phi) is 3.64. The number of carbonyl (C=O) groups is 1. The third-order valence-corrected chi connectivity index (χ3v) is 2.84. The van der Waals surface area contributed by atoms with Crippen LogP contribution in [-0.4, -0.2) is 15.7 Å². The summed E-state index contributed by atoms with van der Waals surface area (Å²) in [4.78, 5) is 11.6. The maximum absolute atomic E-state index is 11.6. The molecule has 3 N–H and O–H groups in total. The second-order valence-corrected chi connectivity index (χ2v) is 4.15. The highest BCUT2D eigenvalue weighted by Gasteiger charge is 2.14. The molecule has 2 rings (SSSR count). The van der Waals surface area contributed by atoms with Crippen molar-refractivity contribution in [1.82, 2.24) is 15.2 Å². The van der Waals surface area contributed by atoms with Crippen molar-refractivity contribution in [3.05, 3.63) is 41.0 Å². The maximum atomic E-state index is 11.6. The number of nitrogens with zero attached hydrogens (tertiary/aromatic N) is 2. The molecule has 0 spiro atoms. The van der Waals surface area contributed by atoms with Gasteiger partial charge in [0.15, 0.2) is 0 Å². The van der Waals surface area contributed by atoms with Crippen LogP contribution in [0.5, 0.6) is 0 Å². The van der Waals surface area contributed by atoms with Gasteiger partial charge in [-0.3, -0.25) is 14.9 Å². The van der Waals surface area contributed by atoms with Gasteiger partial charge in [0.1, 0.15) is 5.69 Å². The number of rotatable bonds is 3. The van der Waals surface area contributed by atoms with Crippen LogP contribution in [0.15, 0.2) is 30.3 Å². The molecule has 18 heavy (non-hydrogen) atoms. The number of amides is 1. The summed E-state index contributed by atoms with van der Waals surface area (Å²) in [6.07, 6.45) is 0. The zero-order valence-corrected chi connectivity index (χ0v) is 10.6. The summed E-state index contributed by atoms with van der Waals surface area (Å²) in [5.41, 5.74) is 4.16. The number of hydrogen-bond donors (Lipinski definition) is 2. The SMILES string of the molecule is CCn1nc(-c2ccc(Cl)cc2)cc1C(=O)NN. The average molecular weight is 265 g/mol. The van der Waals surface area contributed by atoms with Crippen molar-refractivity contribution in [2.45, 2.75) is 13.5 Å². The summed E-state index contributed by atoms with van der Waals surface area (Å²) in [6, 6.07) is 8.98. The first-order valence-electron chi connectivity index (χ1n) is 5.50. The molecule has 0 atom stereocenters. The minimum Gasteiger partial charge on any atom is -0.289 e. The van der Waals surface area contributed by atoms with E-state index in [1.807, 2.05) is 19.1 Å². The van der Waals surface area contributed by atoms with E-state index in [1.54, 1.807) is 22.9 Å². The Morgan fingerprint density at radius 3 is 2.67 bits per heavy atom. The monoisotopic (exact) mass is 264 g/mol. The molecule has 0 fully saturated rings. The van der Waals surface area contributed by atoms with E-state index in [9.17, 15) is 4.79 Å². The first-order chi connectivity index (χ1) is 8.65.